The molecule has 0 fully saturated rings. The minimum atomic E-state index is -4.69. The molecule has 0 radical (unpaired) electrons. The molecular weight excluding hydrogens is 335 g/mol. The van der Waals surface area contributed by atoms with Crippen LogP contribution in [0.3, 0.4) is 0 Å². The van der Waals surface area contributed by atoms with Crippen LogP contribution in [-0.4, -0.2) is 9.97 Å². The summed E-state index contributed by atoms with van der Waals surface area (Å²) >= 11 is 0. The highest BCUT2D eigenvalue weighted by atomic mass is 19.4. The van der Waals surface area contributed by atoms with Crippen molar-refractivity contribution in [1.29, 1.82) is 0 Å². The van der Waals surface area contributed by atoms with Crippen LogP contribution in [0.15, 0.2) is 65.6 Å². The molecule has 0 amide bonds. The van der Waals surface area contributed by atoms with E-state index in [0.717, 1.165) is 11.4 Å². The quantitative estimate of drug-likeness (QED) is 0.737. The fourth-order valence-corrected chi connectivity index (χ4v) is 2.07. The van der Waals surface area contributed by atoms with Gasteiger partial charge in [0.2, 0.25) is 5.88 Å². The Kier molecular flexibility index (Phi) is 4.42. The molecule has 0 saturated carbocycles. The van der Waals surface area contributed by atoms with E-state index in [1.807, 2.05) is 35.3 Å². The molecular formula is C17H12F3N3O2. The van der Waals surface area contributed by atoms with E-state index in [1.165, 1.54) is 12.1 Å². The first-order valence-corrected chi connectivity index (χ1v) is 7.18. The van der Waals surface area contributed by atoms with Crippen molar-refractivity contribution in [1.82, 2.24) is 9.97 Å². The first-order valence-electron chi connectivity index (χ1n) is 7.18. The maximum Gasteiger partial charge on any atom is 0.423 e. The Morgan fingerprint density at radius 3 is 2.24 bits per heavy atom. The van der Waals surface area contributed by atoms with Gasteiger partial charge >= 0.3 is 11.9 Å². The minimum absolute atomic E-state index is 0.144. The van der Waals surface area contributed by atoms with Crippen LogP contribution < -0.4 is 15.7 Å². The standard InChI is InChI=1S/C17H12F3N3O2/c18-17(19,20)14-10-21-16(24)23-15(14)25-13-8-6-12(7-9-13)22-11-4-2-1-3-5-11/h1-10,22H,(H,21,23,24). The third-order valence-electron chi connectivity index (χ3n) is 3.22. The maximum atomic E-state index is 12.9. The Hall–Kier alpha value is -3.29. The van der Waals surface area contributed by atoms with Crippen LogP contribution in [0.5, 0.6) is 11.6 Å². The van der Waals surface area contributed by atoms with Crippen LogP contribution in [0.4, 0.5) is 24.5 Å². The lowest BCUT2D eigenvalue weighted by Crippen LogP contribution is -2.17. The van der Waals surface area contributed by atoms with Crippen LogP contribution in [0.25, 0.3) is 0 Å². The summed E-state index contributed by atoms with van der Waals surface area (Å²) in [7, 11) is 0. The summed E-state index contributed by atoms with van der Waals surface area (Å²) < 4.78 is 44.0. The Labute approximate surface area is 140 Å². The number of halogens is 3. The molecule has 0 saturated heterocycles. The van der Waals surface area contributed by atoms with Gasteiger partial charge in [-0.15, -0.1) is 0 Å². The summed E-state index contributed by atoms with van der Waals surface area (Å²) in [4.78, 5) is 16.2. The van der Waals surface area contributed by atoms with Gasteiger partial charge in [0.25, 0.3) is 0 Å². The number of nitrogens with one attached hydrogen (secondary N) is 2. The van der Waals surface area contributed by atoms with E-state index in [2.05, 4.69) is 10.3 Å². The number of anilines is 2. The molecule has 5 nitrogen and oxygen atoms in total. The SMILES string of the molecule is O=c1ncc(C(F)(F)F)c(Oc2ccc(Nc3ccccc3)cc2)[nH]1. The average Bonchev–Trinajstić information content (AvgIpc) is 2.56. The van der Waals surface area contributed by atoms with E-state index < -0.39 is 23.3 Å². The zero-order chi connectivity index (χ0) is 17.9. The summed E-state index contributed by atoms with van der Waals surface area (Å²) in [5.41, 5.74) is -0.476. The molecule has 25 heavy (non-hydrogen) atoms. The molecule has 3 rings (SSSR count). The van der Waals surface area contributed by atoms with Crippen LogP contribution in [0.1, 0.15) is 5.56 Å². The first-order chi connectivity index (χ1) is 11.9. The molecule has 2 aromatic carbocycles. The number of hydrogen-bond acceptors (Lipinski definition) is 4. The number of aromatic amines is 1. The summed E-state index contributed by atoms with van der Waals surface area (Å²) in [5, 5.41) is 3.14. The second-order valence-electron chi connectivity index (χ2n) is 5.05. The van der Waals surface area contributed by atoms with E-state index >= 15 is 0 Å². The molecule has 0 spiro atoms. The van der Waals surface area contributed by atoms with E-state index in [1.54, 1.807) is 12.1 Å². The Morgan fingerprint density at radius 2 is 1.60 bits per heavy atom. The van der Waals surface area contributed by atoms with E-state index in [-0.39, 0.29) is 5.75 Å². The smallest absolute Gasteiger partial charge is 0.423 e. The van der Waals surface area contributed by atoms with Crippen LogP contribution in [-0.2, 0) is 6.18 Å². The Morgan fingerprint density at radius 1 is 0.960 bits per heavy atom. The van der Waals surface area contributed by atoms with Gasteiger partial charge in [-0.3, -0.25) is 4.98 Å². The number of para-hydroxylation sites is 1. The van der Waals surface area contributed by atoms with Crippen molar-refractivity contribution >= 4 is 11.4 Å². The molecule has 0 unspecified atom stereocenters. The number of alkyl halides is 3. The van der Waals surface area contributed by atoms with Gasteiger partial charge in [-0.2, -0.15) is 13.2 Å². The topological polar surface area (TPSA) is 67.0 Å². The number of H-pyrrole nitrogens is 1. The van der Waals surface area contributed by atoms with E-state index in [9.17, 15) is 18.0 Å². The van der Waals surface area contributed by atoms with Gasteiger partial charge in [-0.05, 0) is 36.4 Å². The molecule has 0 aliphatic rings. The van der Waals surface area contributed by atoms with Gasteiger partial charge in [0.15, 0.2) is 0 Å². The molecule has 128 valence electrons. The number of benzene rings is 2. The largest absolute Gasteiger partial charge is 0.440 e. The van der Waals surface area contributed by atoms with Gasteiger partial charge < -0.3 is 10.1 Å². The molecule has 0 bridgehead atoms. The van der Waals surface area contributed by atoms with Crippen molar-refractivity contribution in [2.45, 2.75) is 6.18 Å². The lowest BCUT2D eigenvalue weighted by atomic mass is 10.2. The number of ether oxygens (including phenoxy) is 1. The van der Waals surface area contributed by atoms with Gasteiger partial charge in [0.1, 0.15) is 11.3 Å². The highest BCUT2D eigenvalue weighted by molar-refractivity contribution is 5.60. The number of hydrogen-bond donors (Lipinski definition) is 2. The van der Waals surface area contributed by atoms with Crippen molar-refractivity contribution < 1.29 is 17.9 Å². The van der Waals surface area contributed by atoms with Crippen molar-refractivity contribution in [3.05, 3.63) is 76.8 Å². The van der Waals surface area contributed by atoms with E-state index in [0.29, 0.717) is 6.20 Å². The van der Waals surface area contributed by atoms with Gasteiger partial charge in [0, 0.05) is 11.4 Å². The molecule has 0 atom stereocenters. The number of aromatic nitrogens is 2. The zero-order valence-corrected chi connectivity index (χ0v) is 12.7. The fourth-order valence-electron chi connectivity index (χ4n) is 2.07. The van der Waals surface area contributed by atoms with Crippen LogP contribution >= 0.6 is 0 Å². The maximum absolute atomic E-state index is 12.9. The van der Waals surface area contributed by atoms with Crippen molar-refractivity contribution in [2.75, 3.05) is 5.32 Å². The lowest BCUT2D eigenvalue weighted by molar-refractivity contribution is -0.139. The number of nitrogens with zero attached hydrogens (tertiary/aromatic N) is 1. The van der Waals surface area contributed by atoms with Gasteiger partial charge in [-0.1, -0.05) is 18.2 Å². The third-order valence-corrected chi connectivity index (χ3v) is 3.22. The van der Waals surface area contributed by atoms with E-state index in [4.69, 9.17) is 4.74 Å². The number of rotatable bonds is 4. The summed E-state index contributed by atoms with van der Waals surface area (Å²) in [5.74, 6) is -0.553. The summed E-state index contributed by atoms with van der Waals surface area (Å²) in [6.07, 6.45) is -4.25. The fraction of sp³-hybridized carbons (Fsp3) is 0.0588. The molecule has 3 aromatic rings. The van der Waals surface area contributed by atoms with Crippen LogP contribution in [0.2, 0.25) is 0 Å². The third kappa shape index (κ3) is 4.17. The minimum Gasteiger partial charge on any atom is -0.440 e. The van der Waals surface area contributed by atoms with Crippen molar-refractivity contribution in [3.63, 3.8) is 0 Å². The van der Waals surface area contributed by atoms with Crippen molar-refractivity contribution in [2.24, 2.45) is 0 Å². The Balaban J connectivity index is 1.80. The average molecular weight is 347 g/mol. The summed E-state index contributed by atoms with van der Waals surface area (Å²) in [6.45, 7) is 0. The molecule has 1 heterocycles. The highest BCUT2D eigenvalue weighted by Gasteiger charge is 2.36. The Bertz CT molecular complexity index is 907. The van der Waals surface area contributed by atoms with Gasteiger partial charge in [-0.25, -0.2) is 9.78 Å². The lowest BCUT2D eigenvalue weighted by Gasteiger charge is -2.13. The molecule has 2 N–H and O–H groups in total. The highest BCUT2D eigenvalue weighted by Crippen LogP contribution is 2.35. The monoisotopic (exact) mass is 347 g/mol. The normalized spacial score (nSPS) is 11.2. The second-order valence-corrected chi connectivity index (χ2v) is 5.05. The molecule has 1 aromatic heterocycles. The second kappa shape index (κ2) is 6.68. The summed E-state index contributed by atoms with van der Waals surface area (Å²) in [6, 6.07) is 15.7. The predicted molar refractivity (Wildman–Crippen MR) is 86.1 cm³/mol. The molecule has 0 aliphatic heterocycles. The van der Waals surface area contributed by atoms with Crippen LogP contribution in [0, 0.1) is 0 Å². The molecule has 0 aliphatic carbocycles. The predicted octanol–water partition coefficient (Wildman–Crippen LogP) is 4.32. The first kappa shape index (κ1) is 16.6. The zero-order valence-electron chi connectivity index (χ0n) is 12.7. The van der Waals surface area contributed by atoms with Crippen molar-refractivity contribution in [3.8, 4) is 11.6 Å². The molecule has 8 heteroatoms. The van der Waals surface area contributed by atoms with Gasteiger partial charge in [0.05, 0.1) is 6.20 Å².